The second-order valence-electron chi connectivity index (χ2n) is 3.11. The van der Waals surface area contributed by atoms with Gasteiger partial charge in [0.1, 0.15) is 0 Å². The van der Waals surface area contributed by atoms with Crippen molar-refractivity contribution >= 4 is 29.0 Å². The van der Waals surface area contributed by atoms with Crippen molar-refractivity contribution < 1.29 is 4.79 Å². The number of hydrogen-bond donors (Lipinski definition) is 3. The minimum Gasteiger partial charge on any atom is -0.329 e. The minimum atomic E-state index is -0.221. The summed E-state index contributed by atoms with van der Waals surface area (Å²) in [5.41, 5.74) is 8.69. The van der Waals surface area contributed by atoms with E-state index in [9.17, 15) is 4.79 Å². The van der Waals surface area contributed by atoms with Gasteiger partial charge in [-0.2, -0.15) is 11.8 Å². The van der Waals surface area contributed by atoms with Crippen LogP contribution in [0.5, 0.6) is 0 Å². The lowest BCUT2D eigenvalue weighted by molar-refractivity contribution is 0.0957. The molecule has 0 aromatic carbocycles. The summed E-state index contributed by atoms with van der Waals surface area (Å²) in [6.45, 7) is 2.72. The molecule has 1 heterocycles. The first-order valence-corrected chi connectivity index (χ1v) is 6.50. The number of carbonyl (C=O) groups is 1. The van der Waals surface area contributed by atoms with Gasteiger partial charge in [0.2, 0.25) is 0 Å². The third kappa shape index (κ3) is 3.49. The van der Waals surface area contributed by atoms with Gasteiger partial charge in [-0.15, -0.1) is 11.3 Å². The zero-order valence-electron chi connectivity index (χ0n) is 8.53. The topological polar surface area (TPSA) is 81.1 Å². The van der Waals surface area contributed by atoms with Crippen molar-refractivity contribution in [3.63, 3.8) is 0 Å². The number of amides is 1. The van der Waals surface area contributed by atoms with Crippen LogP contribution in [0.4, 0.5) is 0 Å². The summed E-state index contributed by atoms with van der Waals surface area (Å²) in [5, 5.41) is 2.30. The molecule has 0 saturated heterocycles. The maximum atomic E-state index is 11.3. The number of thioether (sulfide) groups is 1. The van der Waals surface area contributed by atoms with Crippen LogP contribution < -0.4 is 17.0 Å². The summed E-state index contributed by atoms with van der Waals surface area (Å²) in [6, 6.07) is 1.95. The number of hydrazine groups is 1. The van der Waals surface area contributed by atoms with Crippen LogP contribution in [0, 0.1) is 0 Å². The van der Waals surface area contributed by atoms with Gasteiger partial charge in [-0.3, -0.25) is 10.2 Å². The lowest BCUT2D eigenvalue weighted by Gasteiger charge is -2.07. The first-order chi connectivity index (χ1) is 7.19. The average molecular weight is 245 g/mol. The van der Waals surface area contributed by atoms with Gasteiger partial charge in [0.15, 0.2) is 0 Å². The molecule has 4 nitrogen and oxygen atoms in total. The van der Waals surface area contributed by atoms with Gasteiger partial charge < -0.3 is 5.73 Å². The molecular weight excluding hydrogens is 230 g/mol. The zero-order valence-corrected chi connectivity index (χ0v) is 10.2. The number of nitrogens with one attached hydrogen (secondary N) is 1. The minimum absolute atomic E-state index is 0.221. The van der Waals surface area contributed by atoms with Crippen molar-refractivity contribution in [3.8, 4) is 0 Å². The van der Waals surface area contributed by atoms with Crippen molar-refractivity contribution in [2.24, 2.45) is 11.6 Å². The zero-order chi connectivity index (χ0) is 11.3. The molecule has 0 radical (unpaired) electrons. The Kier molecular flexibility index (Phi) is 5.10. The second kappa shape index (κ2) is 6.12. The maximum absolute atomic E-state index is 11.3. The van der Waals surface area contributed by atoms with Gasteiger partial charge in [0.05, 0.1) is 4.88 Å². The van der Waals surface area contributed by atoms with Gasteiger partial charge in [0, 0.05) is 17.5 Å². The predicted molar refractivity (Wildman–Crippen MR) is 65.8 cm³/mol. The highest BCUT2D eigenvalue weighted by molar-refractivity contribution is 7.99. The van der Waals surface area contributed by atoms with Crippen LogP contribution in [0.3, 0.4) is 0 Å². The molecule has 1 unspecified atom stereocenters. The number of carbonyl (C=O) groups excluding carboxylic acids is 1. The predicted octanol–water partition coefficient (Wildman–Crippen LogP) is 0.932. The van der Waals surface area contributed by atoms with E-state index >= 15 is 0 Å². The smallest absolute Gasteiger partial charge is 0.275 e. The molecule has 0 spiro atoms. The lowest BCUT2D eigenvalue weighted by Crippen LogP contribution is -2.29. The molecule has 1 rings (SSSR count). The van der Waals surface area contributed by atoms with Crippen molar-refractivity contribution in [2.75, 3.05) is 6.54 Å². The van der Waals surface area contributed by atoms with E-state index in [1.54, 1.807) is 11.8 Å². The lowest BCUT2D eigenvalue weighted by atomic mass is 10.3. The van der Waals surface area contributed by atoms with Crippen LogP contribution in [0.25, 0.3) is 0 Å². The molecule has 0 aliphatic rings. The van der Waals surface area contributed by atoms with Crippen LogP contribution >= 0.6 is 23.1 Å². The number of rotatable bonds is 5. The largest absolute Gasteiger partial charge is 0.329 e. The molecular formula is C9H15N3OS2. The van der Waals surface area contributed by atoms with E-state index in [-0.39, 0.29) is 5.91 Å². The van der Waals surface area contributed by atoms with E-state index in [0.29, 0.717) is 16.7 Å². The molecule has 1 aromatic rings. The van der Waals surface area contributed by atoms with Gasteiger partial charge in [-0.05, 0) is 17.0 Å². The van der Waals surface area contributed by atoms with Crippen LogP contribution in [-0.4, -0.2) is 17.7 Å². The maximum Gasteiger partial charge on any atom is 0.275 e. The highest BCUT2D eigenvalue weighted by Gasteiger charge is 2.12. The summed E-state index contributed by atoms with van der Waals surface area (Å²) in [4.78, 5) is 12.0. The molecule has 15 heavy (non-hydrogen) atoms. The summed E-state index contributed by atoms with van der Waals surface area (Å²) in [7, 11) is 0. The Morgan fingerprint density at radius 1 is 1.73 bits per heavy atom. The molecule has 1 aromatic heterocycles. The molecule has 0 aliphatic carbocycles. The average Bonchev–Trinajstić information content (AvgIpc) is 2.72. The van der Waals surface area contributed by atoms with E-state index < -0.39 is 0 Å². The van der Waals surface area contributed by atoms with Crippen LogP contribution in [-0.2, 0) is 5.75 Å². The van der Waals surface area contributed by atoms with E-state index in [0.717, 1.165) is 11.3 Å². The first kappa shape index (κ1) is 12.5. The second-order valence-corrected chi connectivity index (χ2v) is 5.45. The Morgan fingerprint density at radius 2 is 2.47 bits per heavy atom. The third-order valence-electron chi connectivity index (χ3n) is 1.94. The van der Waals surface area contributed by atoms with Crippen LogP contribution in [0.15, 0.2) is 11.4 Å². The molecule has 0 saturated carbocycles. The molecule has 1 amide bonds. The Hall–Kier alpha value is -0.560. The molecule has 0 bridgehead atoms. The van der Waals surface area contributed by atoms with Crippen molar-refractivity contribution in [3.05, 3.63) is 21.9 Å². The van der Waals surface area contributed by atoms with E-state index in [2.05, 4.69) is 12.3 Å². The van der Waals surface area contributed by atoms with Crippen molar-refractivity contribution in [1.82, 2.24) is 5.43 Å². The summed E-state index contributed by atoms with van der Waals surface area (Å²) in [5.74, 6) is 5.67. The molecule has 5 N–H and O–H groups in total. The fraction of sp³-hybridized carbons (Fsp3) is 0.444. The Bertz CT molecular complexity index is 327. The van der Waals surface area contributed by atoms with Crippen LogP contribution in [0.1, 0.15) is 22.2 Å². The molecule has 0 fully saturated rings. The Balaban J connectivity index is 2.61. The van der Waals surface area contributed by atoms with E-state index in [1.165, 1.54) is 11.3 Å². The van der Waals surface area contributed by atoms with Crippen molar-refractivity contribution in [1.29, 1.82) is 0 Å². The molecule has 6 heteroatoms. The van der Waals surface area contributed by atoms with Crippen LogP contribution in [0.2, 0.25) is 0 Å². The van der Waals surface area contributed by atoms with Gasteiger partial charge in [0.25, 0.3) is 5.91 Å². The normalized spacial score (nSPS) is 12.5. The monoisotopic (exact) mass is 245 g/mol. The molecule has 0 aliphatic heterocycles. The first-order valence-electron chi connectivity index (χ1n) is 4.58. The van der Waals surface area contributed by atoms with Gasteiger partial charge in [-0.1, -0.05) is 6.92 Å². The molecule has 84 valence electrons. The van der Waals surface area contributed by atoms with Crippen molar-refractivity contribution in [2.45, 2.75) is 17.9 Å². The molecule has 1 atom stereocenters. The Morgan fingerprint density at radius 3 is 3.07 bits per heavy atom. The summed E-state index contributed by atoms with van der Waals surface area (Å²) < 4.78 is 0. The number of thiophene rings is 1. The highest BCUT2D eigenvalue weighted by Crippen LogP contribution is 2.23. The van der Waals surface area contributed by atoms with E-state index in [1.807, 2.05) is 11.4 Å². The number of nitrogen functional groups attached to an aromatic ring is 1. The highest BCUT2D eigenvalue weighted by atomic mass is 32.2. The SMILES string of the molecule is CC(CN)SCc1ccsc1C(=O)NN. The fourth-order valence-corrected chi connectivity index (χ4v) is 2.77. The fourth-order valence-electron chi connectivity index (χ4n) is 1.01. The standard InChI is InChI=1S/C9H15N3OS2/c1-6(4-10)15-5-7-2-3-14-8(7)9(13)12-11/h2-3,6H,4-5,10-11H2,1H3,(H,12,13). The Labute approximate surface area is 97.4 Å². The van der Waals surface area contributed by atoms with Gasteiger partial charge >= 0.3 is 0 Å². The third-order valence-corrected chi connectivity index (χ3v) is 4.13. The quantitative estimate of drug-likeness (QED) is 0.409. The summed E-state index contributed by atoms with van der Waals surface area (Å²) in [6.07, 6.45) is 0. The number of hydrogen-bond acceptors (Lipinski definition) is 5. The number of nitrogens with two attached hydrogens (primary N) is 2. The van der Waals surface area contributed by atoms with E-state index in [4.69, 9.17) is 11.6 Å². The van der Waals surface area contributed by atoms with Gasteiger partial charge in [-0.25, -0.2) is 5.84 Å². The summed E-state index contributed by atoms with van der Waals surface area (Å²) >= 11 is 3.14.